The number of rotatable bonds is 3. The number of halogens is 2. The molecule has 0 aromatic heterocycles. The molecule has 294 valence electrons. The molecule has 9 atom stereocenters. The van der Waals surface area contributed by atoms with Crippen LogP contribution in [0.3, 0.4) is 0 Å². The number of anilines is 1. The van der Waals surface area contributed by atoms with E-state index in [1.54, 1.807) is 13.0 Å². The molecule has 2 aliphatic carbocycles. The van der Waals surface area contributed by atoms with E-state index in [4.69, 9.17) is 21.1 Å². The molecule has 2 saturated heterocycles. The van der Waals surface area contributed by atoms with Crippen molar-refractivity contribution in [2.45, 2.75) is 101 Å². The first-order valence-corrected chi connectivity index (χ1v) is 22.2. The number of allylic oxidation sites excluding steroid dienone is 3. The molecule has 1 aromatic rings. The number of amides is 1. The fourth-order valence-electron chi connectivity index (χ4n) is 10.1. The lowest BCUT2D eigenvalue weighted by Gasteiger charge is -2.54. The summed E-state index contributed by atoms with van der Waals surface area (Å²) in [5, 5.41) is 0.0197. The highest BCUT2D eigenvalue weighted by Crippen LogP contribution is 2.48. The van der Waals surface area contributed by atoms with Gasteiger partial charge in [0.1, 0.15) is 11.9 Å². The van der Waals surface area contributed by atoms with Gasteiger partial charge in [0.15, 0.2) is 0 Å². The third-order valence-corrected chi connectivity index (χ3v) is 16.0. The van der Waals surface area contributed by atoms with Crippen LogP contribution >= 0.6 is 11.6 Å². The van der Waals surface area contributed by atoms with Gasteiger partial charge in [-0.25, -0.2) is 17.5 Å². The summed E-state index contributed by atoms with van der Waals surface area (Å²) in [4.78, 5) is 21.0. The second-order valence-electron chi connectivity index (χ2n) is 17.0. The molecule has 0 radical (unpaired) electrons. The quantitative estimate of drug-likeness (QED) is 0.360. The standard InChI is InChI=1S/C41H60ClFN4O5S/c1-28-7-6-16-41(51-3,27-45-19-20-46-18-15-35(43)23-36(46)25-45)37-13-10-32(37)24-47-17-5-4-8-30-21-34(42)12-9-33(30)26-52-39-14-11-31(22-38(39)47)40(48)44-53(49,50)29(28)2/h9,11-12,14,21-22,28-30,32-33,35-37H,4-8,10,13,15-20,23-27H2,1-3H3,(H,44,48)/t28?,29-,30?,32+,33?,35-,36?,37?,41?/m1/s1. The molecule has 12 heteroatoms. The topological polar surface area (TPSA) is 91.4 Å². The number of piperidine rings is 1. The molecular formula is C41H60ClFN4O5S. The minimum absolute atomic E-state index is 0.161. The van der Waals surface area contributed by atoms with Gasteiger partial charge >= 0.3 is 0 Å². The van der Waals surface area contributed by atoms with Crippen LogP contribution in [0.1, 0.15) is 88.4 Å². The summed E-state index contributed by atoms with van der Waals surface area (Å²) in [6.07, 6.45) is 14.3. The SMILES string of the molecule is COC1(CN2CCN3CC[C@@H](F)CC3C2)CCCC(C)[C@@H](C)S(=O)(=O)NC(=O)c2ccc3c(c2)N(CCCCC2C=C(Cl)C=CC2CO3)C[C@@H]2CCC21. The van der Waals surface area contributed by atoms with Crippen molar-refractivity contribution in [1.29, 1.82) is 0 Å². The maximum atomic E-state index is 14.6. The van der Waals surface area contributed by atoms with Gasteiger partial charge in [-0.2, -0.15) is 0 Å². The molecule has 1 aromatic carbocycles. The van der Waals surface area contributed by atoms with Crippen molar-refractivity contribution in [1.82, 2.24) is 14.5 Å². The van der Waals surface area contributed by atoms with Crippen molar-refractivity contribution in [2.75, 3.05) is 64.4 Å². The van der Waals surface area contributed by atoms with Crippen molar-refractivity contribution >= 4 is 33.2 Å². The van der Waals surface area contributed by atoms with Crippen LogP contribution in [-0.2, 0) is 14.8 Å². The van der Waals surface area contributed by atoms with Crippen LogP contribution < -0.4 is 14.4 Å². The first kappa shape index (κ1) is 39.1. The number of hydrogen-bond acceptors (Lipinski definition) is 8. The predicted octanol–water partition coefficient (Wildman–Crippen LogP) is 6.78. The number of nitrogens with zero attached hydrogens (tertiary/aromatic N) is 3. The summed E-state index contributed by atoms with van der Waals surface area (Å²) in [6.45, 7) is 10.1. The van der Waals surface area contributed by atoms with E-state index in [0.717, 1.165) is 101 Å². The van der Waals surface area contributed by atoms with Gasteiger partial charge in [0.05, 0.1) is 23.1 Å². The number of benzene rings is 1. The molecule has 6 aliphatic rings. The number of hydrogen-bond donors (Lipinski definition) is 1. The van der Waals surface area contributed by atoms with Crippen molar-refractivity contribution in [3.63, 3.8) is 0 Å². The van der Waals surface area contributed by atoms with Crippen molar-refractivity contribution in [3.05, 3.63) is 47.0 Å². The maximum Gasteiger partial charge on any atom is 0.264 e. The highest BCUT2D eigenvalue weighted by atomic mass is 35.5. The number of nitrogens with one attached hydrogen (secondary N) is 1. The van der Waals surface area contributed by atoms with E-state index < -0.39 is 33.0 Å². The molecule has 4 aliphatic heterocycles. The number of piperazine rings is 1. The molecule has 0 spiro atoms. The number of methoxy groups -OCH3 is 1. The Labute approximate surface area is 321 Å². The van der Waals surface area contributed by atoms with Crippen molar-refractivity contribution in [2.24, 2.45) is 29.6 Å². The zero-order chi connectivity index (χ0) is 37.3. The molecular weight excluding hydrogens is 715 g/mol. The number of carbonyl (C=O) groups is 1. The number of alkyl halides is 1. The largest absolute Gasteiger partial charge is 0.491 e. The predicted molar refractivity (Wildman–Crippen MR) is 209 cm³/mol. The minimum Gasteiger partial charge on any atom is -0.491 e. The first-order chi connectivity index (χ1) is 25.4. The highest BCUT2D eigenvalue weighted by Gasteiger charge is 2.50. The van der Waals surface area contributed by atoms with Gasteiger partial charge in [-0.3, -0.25) is 14.6 Å². The van der Waals surface area contributed by atoms with Crippen LogP contribution in [0.5, 0.6) is 5.75 Å². The first-order valence-electron chi connectivity index (χ1n) is 20.2. The third-order valence-electron chi connectivity index (χ3n) is 13.8. The van der Waals surface area contributed by atoms with Gasteiger partial charge in [-0.1, -0.05) is 43.5 Å². The second kappa shape index (κ2) is 16.5. The highest BCUT2D eigenvalue weighted by molar-refractivity contribution is 7.90. The van der Waals surface area contributed by atoms with Crippen LogP contribution in [0, 0.1) is 29.6 Å². The van der Waals surface area contributed by atoms with Crippen LogP contribution in [0.25, 0.3) is 0 Å². The lowest BCUT2D eigenvalue weighted by atomic mass is 9.62. The molecule has 53 heavy (non-hydrogen) atoms. The van der Waals surface area contributed by atoms with Gasteiger partial charge in [-0.15, -0.1) is 0 Å². The number of fused-ring (bicyclic) bond motifs is 4. The number of carbonyl (C=O) groups excluding carboxylic acids is 1. The van der Waals surface area contributed by atoms with E-state index >= 15 is 0 Å². The molecule has 1 saturated carbocycles. The molecule has 6 unspecified atom stereocenters. The van der Waals surface area contributed by atoms with Gasteiger partial charge < -0.3 is 14.4 Å². The monoisotopic (exact) mass is 774 g/mol. The van der Waals surface area contributed by atoms with Crippen molar-refractivity contribution < 1.29 is 27.1 Å². The Kier molecular flexibility index (Phi) is 12.2. The molecule has 1 N–H and O–H groups in total. The Hall–Kier alpha value is -2.18. The average molecular weight is 775 g/mol. The zero-order valence-corrected chi connectivity index (χ0v) is 33.4. The summed E-state index contributed by atoms with van der Waals surface area (Å²) >= 11 is 6.44. The van der Waals surface area contributed by atoms with Gasteiger partial charge in [0.25, 0.3) is 5.91 Å². The van der Waals surface area contributed by atoms with Crippen LogP contribution in [0.2, 0.25) is 0 Å². The summed E-state index contributed by atoms with van der Waals surface area (Å²) in [5.41, 5.74) is 0.727. The Morgan fingerprint density at radius 2 is 1.87 bits per heavy atom. The molecule has 4 heterocycles. The Bertz CT molecular complexity index is 1640. The molecule has 2 bridgehead atoms. The molecule has 3 fully saturated rings. The average Bonchev–Trinajstić information content (AvgIpc) is 3.15. The normalized spacial score (nSPS) is 37.3. The number of ether oxygens (including phenoxy) is 2. The van der Waals surface area contributed by atoms with E-state index in [0.29, 0.717) is 54.9 Å². The molecule has 1 amide bonds. The van der Waals surface area contributed by atoms with Crippen LogP contribution in [0.15, 0.2) is 41.5 Å². The lowest BCUT2D eigenvalue weighted by Crippen LogP contribution is -2.62. The summed E-state index contributed by atoms with van der Waals surface area (Å²) in [6, 6.07) is 5.59. The molecule has 9 nitrogen and oxygen atoms in total. The van der Waals surface area contributed by atoms with E-state index in [1.807, 2.05) is 32.2 Å². The fraction of sp³-hybridized carbons (Fsp3) is 0.732. The lowest BCUT2D eigenvalue weighted by molar-refractivity contribution is -0.137. The fourth-order valence-corrected chi connectivity index (χ4v) is 11.7. The van der Waals surface area contributed by atoms with Gasteiger partial charge in [0.2, 0.25) is 10.0 Å². The van der Waals surface area contributed by atoms with E-state index in [9.17, 15) is 17.6 Å². The molecule has 7 rings (SSSR count). The smallest absolute Gasteiger partial charge is 0.264 e. The third kappa shape index (κ3) is 8.64. The van der Waals surface area contributed by atoms with Crippen molar-refractivity contribution in [3.8, 4) is 5.75 Å². The zero-order valence-electron chi connectivity index (χ0n) is 31.9. The Balaban J connectivity index is 1.22. The van der Waals surface area contributed by atoms with E-state index in [-0.39, 0.29) is 17.9 Å². The second-order valence-corrected chi connectivity index (χ2v) is 19.5. The maximum absolute atomic E-state index is 14.6. The summed E-state index contributed by atoms with van der Waals surface area (Å²) in [5.74, 6) is 1.08. The van der Waals surface area contributed by atoms with E-state index in [1.165, 1.54) is 0 Å². The van der Waals surface area contributed by atoms with Gasteiger partial charge in [-0.05, 0) is 106 Å². The Morgan fingerprint density at radius 3 is 2.66 bits per heavy atom. The minimum atomic E-state index is -3.94. The summed E-state index contributed by atoms with van der Waals surface area (Å²) < 4.78 is 57.6. The summed E-state index contributed by atoms with van der Waals surface area (Å²) in [7, 11) is -2.07. The van der Waals surface area contributed by atoms with Crippen LogP contribution in [-0.4, -0.2) is 107 Å². The number of sulfonamides is 1. The van der Waals surface area contributed by atoms with Gasteiger partial charge in [0, 0.05) is 75.5 Å². The van der Waals surface area contributed by atoms with E-state index in [2.05, 4.69) is 31.6 Å². The van der Waals surface area contributed by atoms with Crippen LogP contribution in [0.4, 0.5) is 10.1 Å². The Morgan fingerprint density at radius 1 is 1.02 bits per heavy atom.